The fourth-order valence-electron chi connectivity index (χ4n) is 1.97. The Kier molecular flexibility index (Phi) is 3.41. The minimum absolute atomic E-state index is 0.218. The van der Waals surface area contributed by atoms with Crippen LogP contribution in [-0.2, 0) is 0 Å². The SMILES string of the molecule is Cc1nc(Cl)nc(N2CCSC(C)(C)C2)c1N. The minimum Gasteiger partial charge on any atom is -0.394 e. The van der Waals surface area contributed by atoms with E-state index in [1.807, 2.05) is 18.7 Å². The van der Waals surface area contributed by atoms with Gasteiger partial charge in [-0.25, -0.2) is 4.98 Å². The van der Waals surface area contributed by atoms with E-state index in [1.165, 1.54) is 0 Å². The quantitative estimate of drug-likeness (QED) is 0.796. The molecule has 0 unspecified atom stereocenters. The second kappa shape index (κ2) is 4.53. The average Bonchev–Trinajstić information content (AvgIpc) is 2.22. The van der Waals surface area contributed by atoms with E-state index in [-0.39, 0.29) is 10.0 Å². The summed E-state index contributed by atoms with van der Waals surface area (Å²) in [6.07, 6.45) is 0. The van der Waals surface area contributed by atoms with Crippen molar-refractivity contribution in [3.63, 3.8) is 0 Å². The third-order valence-corrected chi connectivity index (χ3v) is 4.28. The molecule has 1 aromatic rings. The second-order valence-corrected chi connectivity index (χ2v) is 6.99. The highest BCUT2D eigenvalue weighted by molar-refractivity contribution is 8.00. The van der Waals surface area contributed by atoms with Crippen LogP contribution in [0.5, 0.6) is 0 Å². The molecule has 2 heterocycles. The van der Waals surface area contributed by atoms with Crippen molar-refractivity contribution in [2.24, 2.45) is 0 Å². The summed E-state index contributed by atoms with van der Waals surface area (Å²) in [6, 6.07) is 0. The fraction of sp³-hybridized carbons (Fsp3) is 0.636. The molecule has 0 bridgehead atoms. The van der Waals surface area contributed by atoms with E-state index >= 15 is 0 Å². The Morgan fingerprint density at radius 3 is 2.76 bits per heavy atom. The second-order valence-electron chi connectivity index (χ2n) is 4.85. The standard InChI is InChI=1S/C11H17ClN4S/c1-7-8(13)9(15-10(12)14-7)16-4-5-17-11(2,3)6-16/h4-6,13H2,1-3H3. The molecule has 0 atom stereocenters. The molecule has 0 saturated carbocycles. The molecule has 4 nitrogen and oxygen atoms in total. The molecule has 94 valence electrons. The van der Waals surface area contributed by atoms with Gasteiger partial charge < -0.3 is 10.6 Å². The first-order valence-corrected chi connectivity index (χ1v) is 6.94. The van der Waals surface area contributed by atoms with Crippen molar-refractivity contribution in [2.45, 2.75) is 25.5 Å². The van der Waals surface area contributed by atoms with Crippen molar-refractivity contribution in [3.05, 3.63) is 11.0 Å². The number of anilines is 2. The topological polar surface area (TPSA) is 55.0 Å². The van der Waals surface area contributed by atoms with E-state index in [1.54, 1.807) is 0 Å². The Balaban J connectivity index is 2.34. The third kappa shape index (κ3) is 2.77. The average molecular weight is 273 g/mol. The molecule has 6 heteroatoms. The summed E-state index contributed by atoms with van der Waals surface area (Å²) < 4.78 is 0.218. The first kappa shape index (κ1) is 12.8. The monoisotopic (exact) mass is 272 g/mol. The molecule has 1 aliphatic rings. The van der Waals surface area contributed by atoms with Crippen molar-refractivity contribution >= 4 is 34.9 Å². The lowest BCUT2D eigenvalue weighted by Crippen LogP contribution is -2.44. The fourth-order valence-corrected chi connectivity index (χ4v) is 3.29. The molecule has 1 saturated heterocycles. The van der Waals surface area contributed by atoms with Gasteiger partial charge in [0.15, 0.2) is 5.82 Å². The van der Waals surface area contributed by atoms with E-state index in [0.29, 0.717) is 5.69 Å². The van der Waals surface area contributed by atoms with Gasteiger partial charge in [-0.1, -0.05) is 0 Å². The molecule has 0 amide bonds. The van der Waals surface area contributed by atoms with E-state index < -0.39 is 0 Å². The Hall–Kier alpha value is -0.680. The van der Waals surface area contributed by atoms with E-state index in [2.05, 4.69) is 28.7 Å². The van der Waals surface area contributed by atoms with Gasteiger partial charge in [-0.2, -0.15) is 16.7 Å². The van der Waals surface area contributed by atoms with E-state index in [4.69, 9.17) is 17.3 Å². The lowest BCUT2D eigenvalue weighted by Gasteiger charge is -2.38. The van der Waals surface area contributed by atoms with Gasteiger partial charge in [-0.05, 0) is 32.4 Å². The number of hydrogen-bond acceptors (Lipinski definition) is 5. The van der Waals surface area contributed by atoms with Gasteiger partial charge in [-0.15, -0.1) is 0 Å². The summed E-state index contributed by atoms with van der Waals surface area (Å²) >= 11 is 7.88. The predicted molar refractivity (Wildman–Crippen MR) is 74.9 cm³/mol. The lowest BCUT2D eigenvalue weighted by atomic mass is 10.2. The maximum Gasteiger partial charge on any atom is 0.224 e. The number of nitrogens with zero attached hydrogens (tertiary/aromatic N) is 3. The molecule has 1 aromatic heterocycles. The van der Waals surface area contributed by atoms with Crippen molar-refractivity contribution in [1.29, 1.82) is 0 Å². The molecule has 0 radical (unpaired) electrons. The van der Waals surface area contributed by atoms with Crippen LogP contribution in [0.2, 0.25) is 5.28 Å². The zero-order valence-electron chi connectivity index (χ0n) is 10.3. The van der Waals surface area contributed by atoms with Gasteiger partial charge in [-0.3, -0.25) is 0 Å². The minimum atomic E-state index is 0.218. The highest BCUT2D eigenvalue weighted by Gasteiger charge is 2.29. The van der Waals surface area contributed by atoms with Crippen LogP contribution in [0.4, 0.5) is 11.5 Å². The molecule has 0 spiro atoms. The first-order chi connectivity index (χ1) is 7.89. The third-order valence-electron chi connectivity index (χ3n) is 2.81. The van der Waals surface area contributed by atoms with Crippen molar-refractivity contribution < 1.29 is 0 Å². The van der Waals surface area contributed by atoms with Crippen LogP contribution in [0.3, 0.4) is 0 Å². The number of nitrogens with two attached hydrogens (primary N) is 1. The number of aromatic nitrogens is 2. The van der Waals surface area contributed by atoms with Gasteiger partial charge in [0.1, 0.15) is 0 Å². The molecular weight excluding hydrogens is 256 g/mol. The van der Waals surface area contributed by atoms with Crippen LogP contribution in [-0.4, -0.2) is 33.6 Å². The molecule has 2 N–H and O–H groups in total. The van der Waals surface area contributed by atoms with Gasteiger partial charge in [0, 0.05) is 23.6 Å². The highest BCUT2D eigenvalue weighted by atomic mass is 35.5. The van der Waals surface area contributed by atoms with Crippen LogP contribution in [0, 0.1) is 6.92 Å². The summed E-state index contributed by atoms with van der Waals surface area (Å²) in [4.78, 5) is 10.5. The maximum atomic E-state index is 6.04. The molecule has 1 aliphatic heterocycles. The molecular formula is C11H17ClN4S. The summed E-state index contributed by atoms with van der Waals surface area (Å²) in [7, 11) is 0. The Labute approximate surface area is 111 Å². The molecule has 1 fully saturated rings. The number of nitrogen functional groups attached to an aromatic ring is 1. The van der Waals surface area contributed by atoms with Crippen LogP contribution in [0.1, 0.15) is 19.5 Å². The number of rotatable bonds is 1. The number of halogens is 1. The van der Waals surface area contributed by atoms with Crippen LogP contribution >= 0.6 is 23.4 Å². The molecule has 0 aliphatic carbocycles. The first-order valence-electron chi connectivity index (χ1n) is 5.57. The zero-order valence-corrected chi connectivity index (χ0v) is 11.9. The van der Waals surface area contributed by atoms with Crippen LogP contribution < -0.4 is 10.6 Å². The zero-order chi connectivity index (χ0) is 12.6. The van der Waals surface area contributed by atoms with Crippen molar-refractivity contribution in [1.82, 2.24) is 9.97 Å². The Morgan fingerprint density at radius 1 is 1.41 bits per heavy atom. The summed E-state index contributed by atoms with van der Waals surface area (Å²) in [5.41, 5.74) is 7.42. The highest BCUT2D eigenvalue weighted by Crippen LogP contribution is 2.34. The van der Waals surface area contributed by atoms with Gasteiger partial charge in [0.2, 0.25) is 5.28 Å². The lowest BCUT2D eigenvalue weighted by molar-refractivity contribution is 0.642. The van der Waals surface area contributed by atoms with Crippen molar-refractivity contribution in [3.8, 4) is 0 Å². The summed E-state index contributed by atoms with van der Waals surface area (Å²) in [6.45, 7) is 8.20. The summed E-state index contributed by atoms with van der Waals surface area (Å²) in [5, 5.41) is 0.266. The normalized spacial score (nSPS) is 19.4. The largest absolute Gasteiger partial charge is 0.394 e. The summed E-state index contributed by atoms with van der Waals surface area (Å²) in [5.74, 6) is 1.85. The van der Waals surface area contributed by atoms with E-state index in [0.717, 1.165) is 30.4 Å². The molecule has 0 aromatic carbocycles. The number of thioether (sulfide) groups is 1. The predicted octanol–water partition coefficient (Wildman–Crippen LogP) is 2.35. The number of hydrogen-bond donors (Lipinski definition) is 1. The van der Waals surface area contributed by atoms with Gasteiger partial charge in [0.25, 0.3) is 0 Å². The maximum absolute atomic E-state index is 6.04. The Morgan fingerprint density at radius 2 is 2.12 bits per heavy atom. The van der Waals surface area contributed by atoms with Gasteiger partial charge >= 0.3 is 0 Å². The smallest absolute Gasteiger partial charge is 0.224 e. The van der Waals surface area contributed by atoms with Crippen LogP contribution in [0.15, 0.2) is 0 Å². The van der Waals surface area contributed by atoms with E-state index in [9.17, 15) is 0 Å². The van der Waals surface area contributed by atoms with Crippen molar-refractivity contribution in [2.75, 3.05) is 29.5 Å². The van der Waals surface area contributed by atoms with Gasteiger partial charge in [0.05, 0.1) is 11.4 Å². The Bertz CT molecular complexity index is 436. The van der Waals surface area contributed by atoms with Crippen LogP contribution in [0.25, 0.3) is 0 Å². The molecule has 2 rings (SSSR count). The molecule has 17 heavy (non-hydrogen) atoms. The number of aryl methyl sites for hydroxylation is 1.